The van der Waals surface area contributed by atoms with Crippen LogP contribution in [0.2, 0.25) is 0 Å². The minimum atomic E-state index is -0.192. The van der Waals surface area contributed by atoms with Crippen molar-refractivity contribution in [1.82, 2.24) is 10.3 Å². The molecule has 1 heterocycles. The zero-order valence-corrected chi connectivity index (χ0v) is 11.6. The Morgan fingerprint density at radius 2 is 2.06 bits per heavy atom. The van der Waals surface area contributed by atoms with Crippen molar-refractivity contribution in [2.75, 3.05) is 0 Å². The highest BCUT2D eigenvalue weighted by Gasteiger charge is 2.21. The monoisotopic (exact) mass is 346 g/mol. The molecule has 1 aliphatic carbocycles. The fourth-order valence-corrected chi connectivity index (χ4v) is 2.52. The van der Waals surface area contributed by atoms with Crippen LogP contribution in [-0.4, -0.2) is 28.1 Å². The van der Waals surface area contributed by atoms with Crippen LogP contribution in [0.5, 0.6) is 0 Å². The lowest BCUT2D eigenvalue weighted by molar-refractivity contribution is 0.0867. The second-order valence-corrected chi connectivity index (χ2v) is 5.62. The highest BCUT2D eigenvalue weighted by Crippen LogP contribution is 2.18. The molecular formula is C12H15IN2O2. The summed E-state index contributed by atoms with van der Waals surface area (Å²) in [5.41, 5.74) is 0.600. The van der Waals surface area contributed by atoms with Crippen LogP contribution in [0.3, 0.4) is 0 Å². The largest absolute Gasteiger partial charge is 0.393 e. The number of pyridine rings is 1. The van der Waals surface area contributed by atoms with E-state index in [1.807, 2.05) is 6.07 Å². The summed E-state index contributed by atoms with van der Waals surface area (Å²) in [6.07, 6.45) is 6.35. The third-order valence-electron chi connectivity index (χ3n) is 3.00. The SMILES string of the molecule is O=C(NC1CCC(O)CC1)c1cncc(I)c1. The van der Waals surface area contributed by atoms with Gasteiger partial charge >= 0.3 is 0 Å². The predicted octanol–water partition coefficient (Wildman–Crippen LogP) is 1.72. The Hall–Kier alpha value is -0.690. The van der Waals surface area contributed by atoms with Crippen LogP contribution in [0.25, 0.3) is 0 Å². The number of rotatable bonds is 2. The number of halogens is 1. The van der Waals surface area contributed by atoms with Crippen molar-refractivity contribution in [3.63, 3.8) is 0 Å². The zero-order chi connectivity index (χ0) is 12.3. The van der Waals surface area contributed by atoms with Crippen LogP contribution in [0.1, 0.15) is 36.0 Å². The molecule has 0 aromatic carbocycles. The van der Waals surface area contributed by atoms with Gasteiger partial charge in [-0.25, -0.2) is 0 Å². The van der Waals surface area contributed by atoms with Crippen LogP contribution >= 0.6 is 22.6 Å². The molecule has 17 heavy (non-hydrogen) atoms. The van der Waals surface area contributed by atoms with E-state index in [2.05, 4.69) is 32.9 Å². The average molecular weight is 346 g/mol. The average Bonchev–Trinajstić information content (AvgIpc) is 2.32. The molecule has 0 saturated heterocycles. The second-order valence-electron chi connectivity index (χ2n) is 4.37. The molecule has 2 N–H and O–H groups in total. The Balaban J connectivity index is 1.93. The first kappa shape index (κ1) is 12.8. The molecule has 1 amide bonds. The van der Waals surface area contributed by atoms with E-state index >= 15 is 0 Å². The maximum Gasteiger partial charge on any atom is 0.253 e. The molecule has 0 radical (unpaired) electrons. The van der Waals surface area contributed by atoms with Gasteiger partial charge in [0.25, 0.3) is 5.91 Å². The van der Waals surface area contributed by atoms with Gasteiger partial charge in [0, 0.05) is 22.0 Å². The maximum absolute atomic E-state index is 11.9. The summed E-state index contributed by atoms with van der Waals surface area (Å²) in [5, 5.41) is 12.4. The predicted molar refractivity (Wildman–Crippen MR) is 72.7 cm³/mol. The fraction of sp³-hybridized carbons (Fsp3) is 0.500. The summed E-state index contributed by atoms with van der Waals surface area (Å²) in [4.78, 5) is 15.9. The van der Waals surface area contributed by atoms with E-state index in [1.54, 1.807) is 12.4 Å². The van der Waals surface area contributed by atoms with Crippen molar-refractivity contribution in [2.24, 2.45) is 0 Å². The fourth-order valence-electron chi connectivity index (χ4n) is 2.02. The maximum atomic E-state index is 11.9. The molecular weight excluding hydrogens is 331 g/mol. The molecule has 0 atom stereocenters. The summed E-state index contributed by atoms with van der Waals surface area (Å²) < 4.78 is 0.953. The molecule has 2 rings (SSSR count). The van der Waals surface area contributed by atoms with E-state index in [9.17, 15) is 9.90 Å². The van der Waals surface area contributed by atoms with Crippen molar-refractivity contribution in [3.05, 3.63) is 27.6 Å². The number of nitrogens with one attached hydrogen (secondary N) is 1. The molecule has 5 heteroatoms. The minimum absolute atomic E-state index is 0.0718. The molecule has 1 aromatic heterocycles. The third-order valence-corrected chi connectivity index (χ3v) is 3.59. The first-order valence-electron chi connectivity index (χ1n) is 5.74. The van der Waals surface area contributed by atoms with Crippen LogP contribution in [0.4, 0.5) is 0 Å². The first-order chi connectivity index (χ1) is 8.15. The van der Waals surface area contributed by atoms with Gasteiger partial charge in [0.15, 0.2) is 0 Å². The lowest BCUT2D eigenvalue weighted by Crippen LogP contribution is -2.38. The van der Waals surface area contributed by atoms with E-state index in [1.165, 1.54) is 0 Å². The van der Waals surface area contributed by atoms with Crippen LogP contribution < -0.4 is 5.32 Å². The van der Waals surface area contributed by atoms with E-state index < -0.39 is 0 Å². The molecule has 0 unspecified atom stereocenters. The van der Waals surface area contributed by atoms with E-state index in [0.717, 1.165) is 29.3 Å². The van der Waals surface area contributed by atoms with E-state index in [4.69, 9.17) is 0 Å². The lowest BCUT2D eigenvalue weighted by atomic mass is 9.93. The van der Waals surface area contributed by atoms with Crippen molar-refractivity contribution < 1.29 is 9.90 Å². The number of hydrogen-bond donors (Lipinski definition) is 2. The molecule has 1 aliphatic rings. The normalized spacial score (nSPS) is 24.4. The van der Waals surface area contributed by atoms with E-state index in [-0.39, 0.29) is 18.1 Å². The van der Waals surface area contributed by atoms with Crippen molar-refractivity contribution in [2.45, 2.75) is 37.8 Å². The molecule has 1 aromatic rings. The van der Waals surface area contributed by atoms with Crippen LogP contribution in [0.15, 0.2) is 18.5 Å². The van der Waals surface area contributed by atoms with Crippen molar-refractivity contribution >= 4 is 28.5 Å². The summed E-state index contributed by atoms with van der Waals surface area (Å²) in [7, 11) is 0. The van der Waals surface area contributed by atoms with Gasteiger partial charge < -0.3 is 10.4 Å². The second kappa shape index (κ2) is 5.77. The van der Waals surface area contributed by atoms with Gasteiger partial charge in [-0.2, -0.15) is 0 Å². The Bertz CT molecular complexity index is 403. The number of amides is 1. The summed E-state index contributed by atoms with van der Waals surface area (Å²) >= 11 is 2.14. The summed E-state index contributed by atoms with van der Waals surface area (Å²) in [6, 6.07) is 2.00. The number of carbonyl (C=O) groups is 1. The van der Waals surface area contributed by atoms with Gasteiger partial charge in [-0.15, -0.1) is 0 Å². The van der Waals surface area contributed by atoms with Gasteiger partial charge in [-0.05, 0) is 54.3 Å². The first-order valence-corrected chi connectivity index (χ1v) is 6.82. The highest BCUT2D eigenvalue weighted by atomic mass is 127. The van der Waals surface area contributed by atoms with Crippen molar-refractivity contribution in [3.8, 4) is 0 Å². The number of aliphatic hydroxyl groups excluding tert-OH is 1. The van der Waals surface area contributed by atoms with Gasteiger partial charge in [0.2, 0.25) is 0 Å². The van der Waals surface area contributed by atoms with Crippen LogP contribution in [-0.2, 0) is 0 Å². The Morgan fingerprint density at radius 1 is 1.35 bits per heavy atom. The van der Waals surface area contributed by atoms with E-state index in [0.29, 0.717) is 5.56 Å². The van der Waals surface area contributed by atoms with Crippen molar-refractivity contribution in [1.29, 1.82) is 0 Å². The molecule has 0 spiro atoms. The molecule has 1 saturated carbocycles. The zero-order valence-electron chi connectivity index (χ0n) is 9.40. The molecule has 4 nitrogen and oxygen atoms in total. The number of aromatic nitrogens is 1. The quantitative estimate of drug-likeness (QED) is 0.802. The smallest absolute Gasteiger partial charge is 0.253 e. The van der Waals surface area contributed by atoms with Gasteiger partial charge in [0.05, 0.1) is 11.7 Å². The highest BCUT2D eigenvalue weighted by molar-refractivity contribution is 14.1. The third kappa shape index (κ3) is 3.64. The van der Waals surface area contributed by atoms with Gasteiger partial charge in [-0.1, -0.05) is 0 Å². The summed E-state index contributed by atoms with van der Waals surface area (Å²) in [6.45, 7) is 0. The van der Waals surface area contributed by atoms with Gasteiger partial charge in [-0.3, -0.25) is 9.78 Å². The Kier molecular flexibility index (Phi) is 4.33. The Morgan fingerprint density at radius 3 is 2.71 bits per heavy atom. The molecule has 0 aliphatic heterocycles. The molecule has 0 bridgehead atoms. The molecule has 1 fully saturated rings. The number of hydrogen-bond acceptors (Lipinski definition) is 3. The number of nitrogens with zero attached hydrogens (tertiary/aromatic N) is 1. The standard InChI is InChI=1S/C12H15IN2O2/c13-9-5-8(6-14-7-9)12(17)15-10-1-3-11(16)4-2-10/h5-7,10-11,16H,1-4H2,(H,15,17). The number of aliphatic hydroxyl groups is 1. The minimum Gasteiger partial charge on any atom is -0.393 e. The molecule has 92 valence electrons. The summed E-state index contributed by atoms with van der Waals surface area (Å²) in [5.74, 6) is -0.0718. The topological polar surface area (TPSA) is 62.2 Å². The Labute approximate surface area is 114 Å². The lowest BCUT2D eigenvalue weighted by Gasteiger charge is -2.26. The van der Waals surface area contributed by atoms with Crippen LogP contribution in [0, 0.1) is 3.57 Å². The van der Waals surface area contributed by atoms with Gasteiger partial charge in [0.1, 0.15) is 0 Å². The number of carbonyl (C=O) groups excluding carboxylic acids is 1.